The number of hydrogen-bond acceptors (Lipinski definition) is 4. The molecule has 1 aromatic heterocycles. The van der Waals surface area contributed by atoms with Gasteiger partial charge in [-0.25, -0.2) is 0 Å². The third-order valence-corrected chi connectivity index (χ3v) is 6.14. The zero-order chi connectivity index (χ0) is 18.2. The molecule has 1 aliphatic carbocycles. The SMILES string of the molecule is Cl.O=C(c1n[nH]c2c1CNCC2)N(Cc1ccc2c(c1)CCO2)C1CCCC1. The van der Waals surface area contributed by atoms with E-state index in [9.17, 15) is 4.79 Å². The lowest BCUT2D eigenvalue weighted by molar-refractivity contribution is 0.0657. The Morgan fingerprint density at radius 1 is 1.25 bits per heavy atom. The van der Waals surface area contributed by atoms with E-state index in [1.54, 1.807) is 0 Å². The molecule has 1 aromatic carbocycles. The first-order valence-corrected chi connectivity index (χ1v) is 10.1. The van der Waals surface area contributed by atoms with Gasteiger partial charge < -0.3 is 15.0 Å². The molecular weight excluding hydrogens is 376 g/mol. The van der Waals surface area contributed by atoms with E-state index in [0.717, 1.165) is 62.4 Å². The number of hydrogen-bond donors (Lipinski definition) is 2. The summed E-state index contributed by atoms with van der Waals surface area (Å²) in [5.74, 6) is 1.06. The summed E-state index contributed by atoms with van der Waals surface area (Å²) in [5.41, 5.74) is 5.21. The standard InChI is InChI=1S/C21H26N4O2.ClH/c26-21(20-17-12-22-9-7-18(17)23-24-20)25(16-3-1-2-4-16)13-14-5-6-19-15(11-14)8-10-27-19;/h5-6,11,16,22H,1-4,7-10,12-13H2,(H,23,24);1H. The predicted octanol–water partition coefficient (Wildman–Crippen LogP) is 3.00. The van der Waals surface area contributed by atoms with Crippen LogP contribution in [-0.2, 0) is 25.9 Å². The second kappa shape index (κ2) is 8.13. The van der Waals surface area contributed by atoms with E-state index in [0.29, 0.717) is 18.3 Å². The van der Waals surface area contributed by atoms with E-state index in [-0.39, 0.29) is 18.3 Å². The van der Waals surface area contributed by atoms with Gasteiger partial charge in [-0.15, -0.1) is 12.4 Å². The molecule has 1 saturated carbocycles. The molecule has 2 aliphatic heterocycles. The minimum absolute atomic E-state index is 0. The van der Waals surface area contributed by atoms with Crippen molar-refractivity contribution < 1.29 is 9.53 Å². The van der Waals surface area contributed by atoms with Gasteiger partial charge in [0.05, 0.1) is 6.61 Å². The van der Waals surface area contributed by atoms with Crippen LogP contribution in [0.5, 0.6) is 5.75 Å². The highest BCUT2D eigenvalue weighted by atomic mass is 35.5. The fourth-order valence-electron chi connectivity index (χ4n) is 4.66. The Morgan fingerprint density at radius 2 is 2.11 bits per heavy atom. The van der Waals surface area contributed by atoms with Gasteiger partial charge in [0.15, 0.2) is 5.69 Å². The molecule has 1 amide bonds. The van der Waals surface area contributed by atoms with Crippen molar-refractivity contribution in [3.8, 4) is 5.75 Å². The van der Waals surface area contributed by atoms with E-state index in [4.69, 9.17) is 4.74 Å². The van der Waals surface area contributed by atoms with E-state index in [1.807, 2.05) is 0 Å². The van der Waals surface area contributed by atoms with Gasteiger partial charge in [0.1, 0.15) is 5.75 Å². The summed E-state index contributed by atoms with van der Waals surface area (Å²) in [6, 6.07) is 6.67. The van der Waals surface area contributed by atoms with Crippen LogP contribution in [0.4, 0.5) is 0 Å². The van der Waals surface area contributed by atoms with Crippen LogP contribution in [0.3, 0.4) is 0 Å². The van der Waals surface area contributed by atoms with E-state index in [1.165, 1.54) is 24.0 Å². The maximum atomic E-state index is 13.5. The summed E-state index contributed by atoms with van der Waals surface area (Å²) in [5, 5.41) is 10.9. The number of rotatable bonds is 4. The minimum Gasteiger partial charge on any atom is -0.493 e. The maximum absolute atomic E-state index is 13.5. The number of aromatic nitrogens is 2. The van der Waals surface area contributed by atoms with Crippen molar-refractivity contribution in [1.82, 2.24) is 20.4 Å². The lowest BCUT2D eigenvalue weighted by Gasteiger charge is -2.29. The number of nitrogens with one attached hydrogen (secondary N) is 2. The molecule has 7 heteroatoms. The number of aromatic amines is 1. The molecular formula is C21H27ClN4O2. The lowest BCUT2D eigenvalue weighted by atomic mass is 10.0. The fraction of sp³-hybridized carbons (Fsp3) is 0.524. The zero-order valence-electron chi connectivity index (χ0n) is 16.0. The van der Waals surface area contributed by atoms with Gasteiger partial charge in [-0.1, -0.05) is 25.0 Å². The summed E-state index contributed by atoms with van der Waals surface area (Å²) < 4.78 is 5.63. The first-order valence-electron chi connectivity index (χ1n) is 10.1. The van der Waals surface area contributed by atoms with Crippen LogP contribution >= 0.6 is 12.4 Å². The van der Waals surface area contributed by atoms with E-state index < -0.39 is 0 Å². The van der Waals surface area contributed by atoms with Crippen LogP contribution in [0.25, 0.3) is 0 Å². The number of nitrogens with zero attached hydrogens (tertiary/aromatic N) is 2. The summed E-state index contributed by atoms with van der Waals surface area (Å²) in [6.45, 7) is 3.07. The third kappa shape index (κ3) is 3.51. The van der Waals surface area contributed by atoms with Crippen molar-refractivity contribution in [1.29, 1.82) is 0 Å². The van der Waals surface area contributed by atoms with Gasteiger partial charge in [-0.05, 0) is 30.0 Å². The van der Waals surface area contributed by atoms with Crippen LogP contribution in [0.1, 0.15) is 58.6 Å². The number of carbonyl (C=O) groups excluding carboxylic acids is 1. The quantitative estimate of drug-likeness (QED) is 0.824. The molecule has 0 radical (unpaired) electrons. The second-order valence-corrected chi connectivity index (χ2v) is 7.87. The Morgan fingerprint density at radius 3 is 2.96 bits per heavy atom. The summed E-state index contributed by atoms with van der Waals surface area (Å²) in [7, 11) is 0. The largest absolute Gasteiger partial charge is 0.493 e. The highest BCUT2D eigenvalue weighted by Crippen LogP contribution is 2.30. The van der Waals surface area contributed by atoms with Gasteiger partial charge in [0, 0.05) is 49.8 Å². The molecule has 0 spiro atoms. The number of amides is 1. The molecule has 2 N–H and O–H groups in total. The lowest BCUT2D eigenvalue weighted by Crippen LogP contribution is -2.39. The Labute approximate surface area is 171 Å². The summed E-state index contributed by atoms with van der Waals surface area (Å²) in [6.07, 6.45) is 6.44. The fourth-order valence-corrected chi connectivity index (χ4v) is 4.66. The molecule has 2 aromatic rings. The van der Waals surface area contributed by atoms with Crippen molar-refractivity contribution in [2.24, 2.45) is 0 Å². The molecule has 5 rings (SSSR count). The first kappa shape index (κ1) is 19.3. The Kier molecular flexibility index (Phi) is 5.60. The van der Waals surface area contributed by atoms with Crippen molar-refractivity contribution >= 4 is 18.3 Å². The summed E-state index contributed by atoms with van der Waals surface area (Å²) in [4.78, 5) is 15.6. The highest BCUT2D eigenvalue weighted by Gasteiger charge is 2.31. The Balaban J connectivity index is 0.00000192. The second-order valence-electron chi connectivity index (χ2n) is 7.87. The Hall–Kier alpha value is -2.05. The van der Waals surface area contributed by atoms with Crippen LogP contribution in [-0.4, -0.2) is 40.2 Å². The molecule has 0 saturated heterocycles. The monoisotopic (exact) mass is 402 g/mol. The predicted molar refractivity (Wildman–Crippen MR) is 109 cm³/mol. The van der Waals surface area contributed by atoms with E-state index >= 15 is 0 Å². The van der Waals surface area contributed by atoms with Gasteiger partial charge in [0.25, 0.3) is 5.91 Å². The summed E-state index contributed by atoms with van der Waals surface area (Å²) >= 11 is 0. The van der Waals surface area contributed by atoms with Gasteiger partial charge in [0.2, 0.25) is 0 Å². The van der Waals surface area contributed by atoms with E-state index in [2.05, 4.69) is 38.6 Å². The third-order valence-electron chi connectivity index (χ3n) is 6.14. The van der Waals surface area contributed by atoms with Gasteiger partial charge in [-0.3, -0.25) is 9.89 Å². The molecule has 3 aliphatic rings. The molecule has 6 nitrogen and oxygen atoms in total. The van der Waals surface area contributed by atoms with Crippen LogP contribution in [0.15, 0.2) is 18.2 Å². The number of fused-ring (bicyclic) bond motifs is 2. The molecule has 0 bridgehead atoms. The molecule has 28 heavy (non-hydrogen) atoms. The highest BCUT2D eigenvalue weighted by molar-refractivity contribution is 5.94. The van der Waals surface area contributed by atoms with Crippen LogP contribution in [0.2, 0.25) is 0 Å². The topological polar surface area (TPSA) is 70.2 Å². The van der Waals surface area contributed by atoms with Gasteiger partial charge in [-0.2, -0.15) is 5.10 Å². The maximum Gasteiger partial charge on any atom is 0.275 e. The van der Waals surface area contributed by atoms with Crippen LogP contribution in [0, 0.1) is 0 Å². The average molecular weight is 403 g/mol. The number of ether oxygens (including phenoxy) is 1. The van der Waals surface area contributed by atoms with Crippen molar-refractivity contribution in [3.63, 3.8) is 0 Å². The smallest absolute Gasteiger partial charge is 0.275 e. The molecule has 1 fully saturated rings. The minimum atomic E-state index is 0. The molecule has 150 valence electrons. The van der Waals surface area contributed by atoms with Crippen molar-refractivity contribution in [2.75, 3.05) is 13.2 Å². The average Bonchev–Trinajstić information content (AvgIpc) is 3.45. The van der Waals surface area contributed by atoms with Crippen LogP contribution < -0.4 is 10.1 Å². The molecule has 0 unspecified atom stereocenters. The van der Waals surface area contributed by atoms with Crippen molar-refractivity contribution in [2.45, 2.75) is 57.7 Å². The normalized spacial score (nSPS) is 18.1. The van der Waals surface area contributed by atoms with Gasteiger partial charge >= 0.3 is 0 Å². The number of benzene rings is 1. The van der Waals surface area contributed by atoms with Crippen molar-refractivity contribution in [3.05, 3.63) is 46.3 Å². The molecule has 0 atom stereocenters. The Bertz CT molecular complexity index is 860. The zero-order valence-corrected chi connectivity index (χ0v) is 16.8. The first-order chi connectivity index (χ1) is 13.3. The molecule has 3 heterocycles. The number of H-pyrrole nitrogens is 1. The number of halogens is 1. The number of carbonyl (C=O) groups is 1.